The van der Waals surface area contributed by atoms with Crippen molar-refractivity contribution in [1.29, 1.82) is 0 Å². The molecule has 0 atom stereocenters. The topological polar surface area (TPSA) is 87.0 Å². The molecule has 0 radical (unpaired) electrons. The molecule has 1 amide bonds. The van der Waals surface area contributed by atoms with Crippen LogP contribution in [-0.2, 0) is 16.4 Å². The van der Waals surface area contributed by atoms with E-state index in [9.17, 15) is 13.2 Å². The smallest absolute Gasteiger partial charge is 0.279 e. The average molecular weight is 404 g/mol. The van der Waals surface area contributed by atoms with Crippen LogP contribution >= 0.6 is 11.3 Å². The molecule has 0 spiro atoms. The quantitative estimate of drug-likeness (QED) is 0.670. The first-order valence-corrected chi connectivity index (χ1v) is 10.9. The molecule has 27 heavy (non-hydrogen) atoms. The van der Waals surface area contributed by atoms with E-state index in [0.717, 1.165) is 16.5 Å². The third-order valence-electron chi connectivity index (χ3n) is 4.22. The standard InChI is InChI=1S/C18H16N2O5S2/c1-3-20-13-8-14-15(25-10-24-14)9-16(13)26-18(20)19-17(21)11-4-6-12(7-5-11)27(2,22)23/h4-9H,3,10H2,1-2H3. The molecule has 2 aromatic carbocycles. The second-order valence-corrected chi connectivity index (χ2v) is 9.04. The van der Waals surface area contributed by atoms with Crippen molar-refractivity contribution in [2.45, 2.75) is 18.4 Å². The third-order valence-corrected chi connectivity index (χ3v) is 6.39. The molecule has 1 aromatic heterocycles. The summed E-state index contributed by atoms with van der Waals surface area (Å²) in [5.74, 6) is 0.932. The number of sulfone groups is 1. The molecular formula is C18H16N2O5S2. The van der Waals surface area contributed by atoms with Gasteiger partial charge in [0.25, 0.3) is 5.91 Å². The molecule has 0 aliphatic carbocycles. The summed E-state index contributed by atoms with van der Waals surface area (Å²) in [6.45, 7) is 2.82. The molecule has 0 saturated carbocycles. The van der Waals surface area contributed by atoms with Gasteiger partial charge in [0, 0.05) is 30.5 Å². The monoisotopic (exact) mass is 404 g/mol. The summed E-state index contributed by atoms with van der Waals surface area (Å²) in [5, 5.41) is 0. The highest BCUT2D eigenvalue weighted by Crippen LogP contribution is 2.36. The normalized spacial score (nSPS) is 14.1. The lowest BCUT2D eigenvalue weighted by Crippen LogP contribution is -2.16. The summed E-state index contributed by atoms with van der Waals surface area (Å²) in [6.07, 6.45) is 1.13. The Balaban J connectivity index is 1.77. The number of fused-ring (bicyclic) bond motifs is 2. The summed E-state index contributed by atoms with van der Waals surface area (Å²) in [6, 6.07) is 9.55. The van der Waals surface area contributed by atoms with Gasteiger partial charge in [0.05, 0.1) is 15.1 Å². The number of nitrogens with zero attached hydrogens (tertiary/aromatic N) is 2. The van der Waals surface area contributed by atoms with Crippen molar-refractivity contribution in [2.24, 2.45) is 4.99 Å². The summed E-state index contributed by atoms with van der Waals surface area (Å²) in [7, 11) is -3.31. The fraction of sp³-hybridized carbons (Fsp3) is 0.222. The Kier molecular flexibility index (Phi) is 4.27. The zero-order chi connectivity index (χ0) is 19.2. The van der Waals surface area contributed by atoms with E-state index in [-0.39, 0.29) is 11.7 Å². The molecular weight excluding hydrogens is 388 g/mol. The Labute approximate surface area is 159 Å². The summed E-state index contributed by atoms with van der Waals surface area (Å²) in [4.78, 5) is 17.5. The molecule has 1 aliphatic rings. The SMILES string of the molecule is CCn1c(=NC(=O)c2ccc(S(C)(=O)=O)cc2)sc2cc3c(cc21)OCO3. The van der Waals surface area contributed by atoms with Crippen molar-refractivity contribution in [2.75, 3.05) is 13.0 Å². The Bertz CT molecular complexity index is 1220. The van der Waals surface area contributed by atoms with Gasteiger partial charge in [-0.1, -0.05) is 11.3 Å². The number of carbonyl (C=O) groups is 1. The number of carbonyl (C=O) groups excluding carboxylic acids is 1. The number of rotatable bonds is 3. The van der Waals surface area contributed by atoms with Crippen molar-refractivity contribution in [1.82, 2.24) is 4.57 Å². The number of benzene rings is 2. The van der Waals surface area contributed by atoms with Gasteiger partial charge >= 0.3 is 0 Å². The van der Waals surface area contributed by atoms with Crippen molar-refractivity contribution in [3.8, 4) is 11.5 Å². The van der Waals surface area contributed by atoms with E-state index in [1.165, 1.54) is 35.6 Å². The highest BCUT2D eigenvalue weighted by Gasteiger charge is 2.18. The Morgan fingerprint density at radius 2 is 1.85 bits per heavy atom. The zero-order valence-corrected chi connectivity index (χ0v) is 16.3. The van der Waals surface area contributed by atoms with Crippen molar-refractivity contribution in [3.63, 3.8) is 0 Å². The van der Waals surface area contributed by atoms with Crippen molar-refractivity contribution in [3.05, 3.63) is 46.8 Å². The van der Waals surface area contributed by atoms with Crippen LogP contribution in [0.1, 0.15) is 17.3 Å². The molecule has 3 aromatic rings. The maximum absolute atomic E-state index is 12.5. The van der Waals surface area contributed by atoms with E-state index in [1.54, 1.807) is 0 Å². The van der Waals surface area contributed by atoms with Gasteiger partial charge in [-0.2, -0.15) is 4.99 Å². The number of ether oxygens (including phenoxy) is 2. The molecule has 1 aliphatic heterocycles. The van der Waals surface area contributed by atoms with Crippen LogP contribution in [0, 0.1) is 0 Å². The lowest BCUT2D eigenvalue weighted by atomic mass is 10.2. The highest BCUT2D eigenvalue weighted by atomic mass is 32.2. The van der Waals surface area contributed by atoms with Crippen LogP contribution < -0.4 is 14.3 Å². The zero-order valence-electron chi connectivity index (χ0n) is 14.6. The Morgan fingerprint density at radius 1 is 1.19 bits per heavy atom. The number of hydrogen-bond donors (Lipinski definition) is 0. The maximum atomic E-state index is 12.5. The first-order chi connectivity index (χ1) is 12.9. The van der Waals surface area contributed by atoms with E-state index < -0.39 is 15.7 Å². The molecule has 2 heterocycles. The Hall–Kier alpha value is -2.65. The number of amides is 1. The molecule has 0 saturated heterocycles. The first kappa shape index (κ1) is 17.7. The number of aryl methyl sites for hydroxylation is 1. The lowest BCUT2D eigenvalue weighted by molar-refractivity contribution is 0.0997. The van der Waals surface area contributed by atoms with Crippen LogP contribution in [0.5, 0.6) is 11.5 Å². The predicted octanol–water partition coefficient (Wildman–Crippen LogP) is 2.60. The van der Waals surface area contributed by atoms with Gasteiger partial charge < -0.3 is 14.0 Å². The first-order valence-electron chi connectivity index (χ1n) is 8.19. The van der Waals surface area contributed by atoms with Gasteiger partial charge in [-0.3, -0.25) is 4.79 Å². The average Bonchev–Trinajstić information content (AvgIpc) is 3.21. The summed E-state index contributed by atoms with van der Waals surface area (Å²) in [5.41, 5.74) is 1.25. The minimum atomic E-state index is -3.31. The second-order valence-electron chi connectivity index (χ2n) is 6.02. The predicted molar refractivity (Wildman–Crippen MR) is 101 cm³/mol. The van der Waals surface area contributed by atoms with Crippen LogP contribution in [0.2, 0.25) is 0 Å². The van der Waals surface area contributed by atoms with Gasteiger partial charge in [-0.25, -0.2) is 8.42 Å². The lowest BCUT2D eigenvalue weighted by Gasteiger charge is -2.02. The van der Waals surface area contributed by atoms with Crippen LogP contribution in [0.25, 0.3) is 10.2 Å². The molecule has 4 rings (SSSR count). The maximum Gasteiger partial charge on any atom is 0.279 e. The van der Waals surface area contributed by atoms with Gasteiger partial charge in [0.2, 0.25) is 6.79 Å². The van der Waals surface area contributed by atoms with Gasteiger partial charge in [0.15, 0.2) is 26.1 Å². The molecule has 9 heteroatoms. The van der Waals surface area contributed by atoms with E-state index in [0.29, 0.717) is 28.4 Å². The Morgan fingerprint density at radius 3 is 2.48 bits per heavy atom. The fourth-order valence-corrected chi connectivity index (χ4v) is 4.58. The van der Waals surface area contributed by atoms with Gasteiger partial charge in [-0.05, 0) is 31.2 Å². The molecule has 0 fully saturated rings. The van der Waals surface area contributed by atoms with E-state index in [2.05, 4.69) is 4.99 Å². The fourth-order valence-electron chi connectivity index (χ4n) is 2.85. The largest absolute Gasteiger partial charge is 0.454 e. The van der Waals surface area contributed by atoms with Crippen LogP contribution in [-0.4, -0.2) is 31.9 Å². The number of hydrogen-bond acceptors (Lipinski definition) is 6. The van der Waals surface area contributed by atoms with Gasteiger partial charge in [0.1, 0.15) is 0 Å². The molecule has 0 bridgehead atoms. The van der Waals surface area contributed by atoms with Gasteiger partial charge in [-0.15, -0.1) is 0 Å². The molecule has 0 unspecified atom stereocenters. The second kappa shape index (κ2) is 6.50. The van der Waals surface area contributed by atoms with E-state index in [1.807, 2.05) is 23.6 Å². The molecule has 7 nitrogen and oxygen atoms in total. The van der Waals surface area contributed by atoms with Crippen LogP contribution in [0.3, 0.4) is 0 Å². The number of aromatic nitrogens is 1. The van der Waals surface area contributed by atoms with Crippen LogP contribution in [0.15, 0.2) is 46.3 Å². The van der Waals surface area contributed by atoms with Crippen molar-refractivity contribution >= 4 is 37.3 Å². The summed E-state index contributed by atoms with van der Waals surface area (Å²) < 4.78 is 36.8. The van der Waals surface area contributed by atoms with E-state index in [4.69, 9.17) is 9.47 Å². The summed E-state index contributed by atoms with van der Waals surface area (Å²) >= 11 is 1.39. The molecule has 0 N–H and O–H groups in total. The van der Waals surface area contributed by atoms with Crippen LogP contribution in [0.4, 0.5) is 0 Å². The van der Waals surface area contributed by atoms with E-state index >= 15 is 0 Å². The number of thiazole rings is 1. The minimum Gasteiger partial charge on any atom is -0.454 e. The molecule has 140 valence electrons. The minimum absolute atomic E-state index is 0.166. The third kappa shape index (κ3) is 3.24. The van der Waals surface area contributed by atoms with Crippen molar-refractivity contribution < 1.29 is 22.7 Å². The highest BCUT2D eigenvalue weighted by molar-refractivity contribution is 7.90.